The number of nitrogen functional groups attached to an aromatic ring is 1. The van der Waals surface area contributed by atoms with Crippen molar-refractivity contribution in [3.8, 4) is 5.75 Å². The van der Waals surface area contributed by atoms with E-state index >= 15 is 0 Å². The van der Waals surface area contributed by atoms with Gasteiger partial charge in [-0.15, -0.1) is 11.3 Å². The molecule has 0 bridgehead atoms. The van der Waals surface area contributed by atoms with Gasteiger partial charge in [-0.3, -0.25) is 4.79 Å². The molecule has 5 rings (SSSR count). The first kappa shape index (κ1) is 21.3. The first-order valence-corrected chi connectivity index (χ1v) is 11.7. The Hall–Kier alpha value is -3.53. The van der Waals surface area contributed by atoms with Crippen LogP contribution in [0.3, 0.4) is 0 Å². The monoisotopic (exact) mass is 467 g/mol. The summed E-state index contributed by atoms with van der Waals surface area (Å²) in [5, 5.41) is 13.0. The average molecular weight is 468 g/mol. The number of amides is 2. The number of hydrogen-bond acceptors (Lipinski definition) is 7. The van der Waals surface area contributed by atoms with E-state index < -0.39 is 6.09 Å². The molecular weight excluding hydrogens is 442 g/mol. The average Bonchev–Trinajstić information content (AvgIpc) is 3.14. The summed E-state index contributed by atoms with van der Waals surface area (Å²) in [6.45, 7) is 4.54. The van der Waals surface area contributed by atoms with E-state index in [0.29, 0.717) is 49.8 Å². The van der Waals surface area contributed by atoms with Crippen LogP contribution in [0.25, 0.3) is 10.2 Å². The van der Waals surface area contributed by atoms with Crippen LogP contribution in [0.2, 0.25) is 0 Å². The summed E-state index contributed by atoms with van der Waals surface area (Å²) in [7, 11) is 0. The maximum absolute atomic E-state index is 12.9. The predicted molar refractivity (Wildman–Crippen MR) is 127 cm³/mol. The molecule has 1 fully saturated rings. The van der Waals surface area contributed by atoms with E-state index in [9.17, 15) is 9.59 Å². The molecule has 1 saturated heterocycles. The highest BCUT2D eigenvalue weighted by Gasteiger charge is 2.26. The molecule has 1 aromatic carbocycles. The largest absolute Gasteiger partial charge is 0.491 e. The molecule has 0 saturated carbocycles. The number of carbonyl (C=O) groups is 2. The SMILES string of the molecule is Cc1ccc2c(N)c(C(=O)NC3COc4cc(N5CCN(C(=O)O)CC5)ccc4C3)sc2n1. The number of carboxylic acid groups (broad SMARTS) is 1. The number of nitrogens with one attached hydrogen (secondary N) is 1. The molecule has 2 aromatic heterocycles. The lowest BCUT2D eigenvalue weighted by atomic mass is 10.0. The number of fused-ring (bicyclic) bond motifs is 2. The number of anilines is 2. The van der Waals surface area contributed by atoms with E-state index in [2.05, 4.69) is 15.2 Å². The van der Waals surface area contributed by atoms with Gasteiger partial charge in [-0.1, -0.05) is 6.07 Å². The second kappa shape index (κ2) is 8.43. The molecular formula is C23H25N5O4S. The summed E-state index contributed by atoms with van der Waals surface area (Å²) in [6, 6.07) is 9.68. The smallest absolute Gasteiger partial charge is 0.407 e. The molecule has 9 nitrogen and oxygen atoms in total. The van der Waals surface area contributed by atoms with Crippen LogP contribution in [-0.4, -0.2) is 65.8 Å². The summed E-state index contributed by atoms with van der Waals surface area (Å²) in [4.78, 5) is 33.3. The number of thiophene rings is 1. The summed E-state index contributed by atoms with van der Waals surface area (Å²) in [5.74, 6) is 0.595. The molecule has 0 spiro atoms. The molecule has 1 atom stereocenters. The fourth-order valence-electron chi connectivity index (χ4n) is 4.32. The van der Waals surface area contributed by atoms with Crippen molar-refractivity contribution in [1.82, 2.24) is 15.2 Å². The third-order valence-corrected chi connectivity index (χ3v) is 7.26. The Morgan fingerprint density at radius 3 is 2.76 bits per heavy atom. The van der Waals surface area contributed by atoms with Gasteiger partial charge in [-0.25, -0.2) is 9.78 Å². The van der Waals surface area contributed by atoms with Crippen molar-refractivity contribution in [3.05, 3.63) is 46.5 Å². The van der Waals surface area contributed by atoms with Crippen molar-refractivity contribution < 1.29 is 19.4 Å². The first-order chi connectivity index (χ1) is 15.9. The molecule has 1 unspecified atom stereocenters. The van der Waals surface area contributed by atoms with Crippen LogP contribution in [-0.2, 0) is 6.42 Å². The number of ether oxygens (including phenoxy) is 1. The quantitative estimate of drug-likeness (QED) is 0.542. The summed E-state index contributed by atoms with van der Waals surface area (Å²) >= 11 is 1.31. The van der Waals surface area contributed by atoms with Crippen LogP contribution in [0, 0.1) is 6.92 Å². The molecule has 2 amide bonds. The van der Waals surface area contributed by atoms with E-state index in [1.54, 1.807) is 0 Å². The topological polar surface area (TPSA) is 121 Å². The number of nitrogens with two attached hydrogens (primary N) is 1. The lowest BCUT2D eigenvalue weighted by Gasteiger charge is -2.35. The lowest BCUT2D eigenvalue weighted by Crippen LogP contribution is -2.48. The van der Waals surface area contributed by atoms with Crippen molar-refractivity contribution in [2.24, 2.45) is 0 Å². The number of aromatic nitrogens is 1. The number of hydrogen-bond donors (Lipinski definition) is 3. The van der Waals surface area contributed by atoms with Gasteiger partial charge in [0.25, 0.3) is 5.91 Å². The Morgan fingerprint density at radius 1 is 1.21 bits per heavy atom. The second-order valence-corrected chi connectivity index (χ2v) is 9.38. The van der Waals surface area contributed by atoms with Gasteiger partial charge in [0.2, 0.25) is 0 Å². The third kappa shape index (κ3) is 4.13. The minimum atomic E-state index is -0.875. The molecule has 0 radical (unpaired) electrons. The molecule has 4 heterocycles. The molecule has 10 heteroatoms. The number of pyridine rings is 1. The van der Waals surface area contributed by atoms with E-state index in [0.717, 1.165) is 32.9 Å². The Labute approximate surface area is 194 Å². The van der Waals surface area contributed by atoms with Crippen LogP contribution >= 0.6 is 11.3 Å². The molecule has 172 valence electrons. The summed E-state index contributed by atoms with van der Waals surface area (Å²) in [5.41, 5.74) is 9.62. The minimum absolute atomic E-state index is 0.158. The number of rotatable bonds is 3. The normalized spacial score (nSPS) is 18.0. The van der Waals surface area contributed by atoms with Crippen LogP contribution < -0.4 is 20.7 Å². The van der Waals surface area contributed by atoms with Gasteiger partial charge in [-0.05, 0) is 37.1 Å². The van der Waals surface area contributed by atoms with Gasteiger partial charge in [0.15, 0.2) is 0 Å². The number of piperazine rings is 1. The van der Waals surface area contributed by atoms with E-state index in [4.69, 9.17) is 15.6 Å². The van der Waals surface area contributed by atoms with Gasteiger partial charge < -0.3 is 30.7 Å². The third-order valence-electron chi connectivity index (χ3n) is 6.15. The van der Waals surface area contributed by atoms with Crippen LogP contribution in [0.1, 0.15) is 20.9 Å². The van der Waals surface area contributed by atoms with E-state index in [1.807, 2.05) is 37.3 Å². The fourth-order valence-corrected chi connectivity index (χ4v) is 5.36. The zero-order valence-corrected chi connectivity index (χ0v) is 19.0. The highest BCUT2D eigenvalue weighted by atomic mass is 32.1. The van der Waals surface area contributed by atoms with Gasteiger partial charge in [-0.2, -0.15) is 0 Å². The Bertz CT molecular complexity index is 1240. The minimum Gasteiger partial charge on any atom is -0.491 e. The predicted octanol–water partition coefficient (Wildman–Crippen LogP) is 2.72. The Kier molecular flexibility index (Phi) is 5.45. The van der Waals surface area contributed by atoms with Crippen LogP contribution in [0.15, 0.2) is 30.3 Å². The molecule has 2 aliphatic rings. The second-order valence-electron chi connectivity index (χ2n) is 8.38. The molecule has 33 heavy (non-hydrogen) atoms. The lowest BCUT2D eigenvalue weighted by molar-refractivity contribution is 0.0920. The van der Waals surface area contributed by atoms with E-state index in [-0.39, 0.29) is 11.9 Å². The molecule has 2 aliphatic heterocycles. The van der Waals surface area contributed by atoms with Gasteiger partial charge in [0.1, 0.15) is 22.1 Å². The number of nitrogens with zero attached hydrogens (tertiary/aromatic N) is 3. The van der Waals surface area contributed by atoms with Crippen molar-refractivity contribution in [2.75, 3.05) is 43.4 Å². The highest BCUT2D eigenvalue weighted by molar-refractivity contribution is 7.21. The number of aryl methyl sites for hydroxylation is 1. The zero-order chi connectivity index (χ0) is 23.1. The standard InChI is InChI=1S/C23H25N5O4S/c1-13-2-5-17-19(24)20(33-22(17)25-13)21(29)26-15-10-14-3-4-16(11-18(14)32-12-15)27-6-8-28(9-7-27)23(30)31/h2-5,11,15H,6-10,12,24H2,1H3,(H,26,29)(H,30,31). The van der Waals surface area contributed by atoms with Gasteiger partial charge >= 0.3 is 6.09 Å². The maximum Gasteiger partial charge on any atom is 0.407 e. The summed E-state index contributed by atoms with van der Waals surface area (Å²) in [6.07, 6.45) is -0.212. The molecule has 3 aromatic rings. The first-order valence-electron chi connectivity index (χ1n) is 10.8. The highest BCUT2D eigenvalue weighted by Crippen LogP contribution is 2.33. The van der Waals surface area contributed by atoms with Crippen molar-refractivity contribution in [1.29, 1.82) is 0 Å². The Balaban J connectivity index is 1.25. The Morgan fingerprint density at radius 2 is 2.00 bits per heavy atom. The van der Waals surface area contributed by atoms with Gasteiger partial charge in [0.05, 0.1) is 11.7 Å². The van der Waals surface area contributed by atoms with E-state index in [1.165, 1.54) is 16.2 Å². The summed E-state index contributed by atoms with van der Waals surface area (Å²) < 4.78 is 5.98. The van der Waals surface area contributed by atoms with Crippen molar-refractivity contribution in [3.63, 3.8) is 0 Å². The number of carbonyl (C=O) groups excluding carboxylic acids is 1. The van der Waals surface area contributed by atoms with Crippen molar-refractivity contribution >= 4 is 44.9 Å². The van der Waals surface area contributed by atoms with Crippen molar-refractivity contribution in [2.45, 2.75) is 19.4 Å². The van der Waals surface area contributed by atoms with Crippen LogP contribution in [0.5, 0.6) is 5.75 Å². The maximum atomic E-state index is 12.9. The molecule has 0 aliphatic carbocycles. The zero-order valence-electron chi connectivity index (χ0n) is 18.2. The van der Waals surface area contributed by atoms with Crippen LogP contribution in [0.4, 0.5) is 16.2 Å². The number of benzene rings is 1. The fraction of sp³-hybridized carbons (Fsp3) is 0.348. The van der Waals surface area contributed by atoms with Gasteiger partial charge in [0, 0.05) is 49.0 Å². The molecule has 4 N–H and O–H groups in total.